The number of amides is 1. The van der Waals surface area contributed by atoms with Crippen LogP contribution in [0.1, 0.15) is 11.1 Å². The van der Waals surface area contributed by atoms with Gasteiger partial charge in [-0.15, -0.1) is 10.2 Å². The minimum Gasteiger partial charge on any atom is -0.325 e. The van der Waals surface area contributed by atoms with E-state index in [0.717, 1.165) is 22.5 Å². The summed E-state index contributed by atoms with van der Waals surface area (Å²) < 4.78 is 1.90. The van der Waals surface area contributed by atoms with Crippen LogP contribution < -0.4 is 5.32 Å². The molecule has 8 heteroatoms. The fourth-order valence-electron chi connectivity index (χ4n) is 3.15. The van der Waals surface area contributed by atoms with Gasteiger partial charge >= 0.3 is 0 Å². The van der Waals surface area contributed by atoms with Gasteiger partial charge in [0.15, 0.2) is 11.0 Å². The molecule has 1 aromatic heterocycles. The van der Waals surface area contributed by atoms with Crippen LogP contribution in [0, 0.1) is 13.8 Å². The summed E-state index contributed by atoms with van der Waals surface area (Å²) in [6.07, 6.45) is 0. The minimum atomic E-state index is -0.117. The van der Waals surface area contributed by atoms with Gasteiger partial charge in [-0.05, 0) is 73.5 Å². The average Bonchev–Trinajstić information content (AvgIpc) is 3.19. The van der Waals surface area contributed by atoms with Gasteiger partial charge in [-0.3, -0.25) is 9.36 Å². The quantitative estimate of drug-likeness (QED) is 0.315. The van der Waals surface area contributed by atoms with Gasteiger partial charge in [0, 0.05) is 27.0 Å². The van der Waals surface area contributed by atoms with Crippen molar-refractivity contribution in [3.05, 3.63) is 87.9 Å². The Morgan fingerprint density at radius 1 is 0.938 bits per heavy atom. The maximum atomic E-state index is 12.6. The molecule has 0 aliphatic rings. The zero-order chi connectivity index (χ0) is 22.7. The molecule has 0 unspecified atom stereocenters. The molecule has 0 bridgehead atoms. The first-order valence-corrected chi connectivity index (χ1v) is 11.6. The molecular formula is C24H20Cl2N4OS. The monoisotopic (exact) mass is 482 g/mol. The van der Waals surface area contributed by atoms with Crippen molar-refractivity contribution in [3.8, 4) is 17.1 Å². The molecule has 0 aliphatic heterocycles. The first-order chi connectivity index (χ1) is 15.4. The number of nitrogens with zero attached hydrogens (tertiary/aromatic N) is 3. The number of halogens is 2. The van der Waals surface area contributed by atoms with Crippen molar-refractivity contribution in [2.24, 2.45) is 0 Å². The van der Waals surface area contributed by atoms with E-state index < -0.39 is 0 Å². The second-order valence-corrected chi connectivity index (χ2v) is 9.08. The van der Waals surface area contributed by atoms with Crippen molar-refractivity contribution < 1.29 is 4.79 Å². The number of thioether (sulfide) groups is 1. The summed E-state index contributed by atoms with van der Waals surface area (Å²) in [5, 5.41) is 13.5. The van der Waals surface area contributed by atoms with Gasteiger partial charge in [0.05, 0.1) is 5.75 Å². The highest BCUT2D eigenvalue weighted by Crippen LogP contribution is 2.30. The van der Waals surface area contributed by atoms with Gasteiger partial charge in [-0.1, -0.05) is 53.2 Å². The first kappa shape index (κ1) is 22.4. The molecule has 0 atom stereocenters. The number of carbonyl (C=O) groups is 1. The number of aryl methyl sites for hydroxylation is 2. The third kappa shape index (κ3) is 5.15. The Kier molecular flexibility index (Phi) is 6.84. The molecule has 3 aromatic carbocycles. The molecule has 0 spiro atoms. The minimum absolute atomic E-state index is 0.117. The molecule has 32 heavy (non-hydrogen) atoms. The van der Waals surface area contributed by atoms with Crippen LogP contribution in [0.4, 0.5) is 5.69 Å². The number of rotatable bonds is 6. The van der Waals surface area contributed by atoms with Crippen LogP contribution in [-0.2, 0) is 4.79 Å². The lowest BCUT2D eigenvalue weighted by molar-refractivity contribution is -0.113. The lowest BCUT2D eigenvalue weighted by atomic mass is 10.1. The van der Waals surface area contributed by atoms with Crippen molar-refractivity contribution in [2.75, 3.05) is 11.1 Å². The maximum absolute atomic E-state index is 12.6. The topological polar surface area (TPSA) is 59.8 Å². The van der Waals surface area contributed by atoms with Gasteiger partial charge in [0.25, 0.3) is 0 Å². The lowest BCUT2D eigenvalue weighted by Gasteiger charge is -2.11. The van der Waals surface area contributed by atoms with Gasteiger partial charge in [0.2, 0.25) is 5.91 Å². The Labute approximate surface area is 200 Å². The van der Waals surface area contributed by atoms with E-state index in [9.17, 15) is 4.79 Å². The van der Waals surface area contributed by atoms with Crippen LogP contribution in [0.15, 0.2) is 71.9 Å². The number of carbonyl (C=O) groups excluding carboxylic acids is 1. The third-order valence-corrected chi connectivity index (χ3v) is 6.34. The maximum Gasteiger partial charge on any atom is 0.234 e. The molecule has 1 N–H and O–H groups in total. The number of aromatic nitrogens is 3. The number of hydrogen-bond acceptors (Lipinski definition) is 4. The standard InChI is InChI=1S/C24H20Cl2N4OS/c1-15-6-9-20(12-16(15)2)27-22(31)14-32-24-29-28-23(17-4-3-5-19(26)13-17)30(24)21-10-7-18(25)8-11-21/h3-13H,14H2,1-2H3,(H,27,31). The number of nitrogens with one attached hydrogen (secondary N) is 1. The van der Waals surface area contributed by atoms with E-state index >= 15 is 0 Å². The van der Waals surface area contributed by atoms with E-state index in [4.69, 9.17) is 23.2 Å². The Balaban J connectivity index is 1.60. The predicted molar refractivity (Wildman–Crippen MR) is 132 cm³/mol. The van der Waals surface area contributed by atoms with E-state index in [0.29, 0.717) is 21.0 Å². The van der Waals surface area contributed by atoms with E-state index in [-0.39, 0.29) is 11.7 Å². The molecule has 0 saturated carbocycles. The fraction of sp³-hybridized carbons (Fsp3) is 0.125. The van der Waals surface area contributed by atoms with E-state index in [1.165, 1.54) is 17.3 Å². The Morgan fingerprint density at radius 3 is 2.44 bits per heavy atom. The summed E-state index contributed by atoms with van der Waals surface area (Å²) in [7, 11) is 0. The lowest BCUT2D eigenvalue weighted by Crippen LogP contribution is -2.14. The van der Waals surface area contributed by atoms with Gasteiger partial charge < -0.3 is 5.32 Å². The molecule has 4 rings (SSSR count). The van der Waals surface area contributed by atoms with Crippen LogP contribution in [0.5, 0.6) is 0 Å². The summed E-state index contributed by atoms with van der Waals surface area (Å²) in [4.78, 5) is 12.6. The van der Waals surface area contributed by atoms with Crippen LogP contribution in [0.2, 0.25) is 10.0 Å². The molecule has 162 valence electrons. The smallest absolute Gasteiger partial charge is 0.234 e. The number of anilines is 1. The van der Waals surface area contributed by atoms with Gasteiger partial charge in [-0.25, -0.2) is 0 Å². The van der Waals surface area contributed by atoms with Crippen molar-refractivity contribution in [1.29, 1.82) is 0 Å². The zero-order valence-electron chi connectivity index (χ0n) is 17.5. The van der Waals surface area contributed by atoms with Crippen molar-refractivity contribution in [3.63, 3.8) is 0 Å². The molecule has 5 nitrogen and oxygen atoms in total. The molecule has 0 radical (unpaired) electrons. The van der Waals surface area contributed by atoms with Crippen molar-refractivity contribution >= 4 is 46.6 Å². The van der Waals surface area contributed by atoms with Crippen LogP contribution in [0.25, 0.3) is 17.1 Å². The third-order valence-electron chi connectivity index (χ3n) is 4.92. The van der Waals surface area contributed by atoms with E-state index in [1.54, 1.807) is 18.2 Å². The van der Waals surface area contributed by atoms with Crippen molar-refractivity contribution in [1.82, 2.24) is 14.8 Å². The Bertz CT molecular complexity index is 1270. The van der Waals surface area contributed by atoms with Gasteiger partial charge in [0.1, 0.15) is 0 Å². The first-order valence-electron chi connectivity index (χ1n) is 9.88. The number of hydrogen-bond donors (Lipinski definition) is 1. The highest BCUT2D eigenvalue weighted by atomic mass is 35.5. The highest BCUT2D eigenvalue weighted by Gasteiger charge is 2.18. The number of benzene rings is 3. The molecule has 0 fully saturated rings. The summed E-state index contributed by atoms with van der Waals surface area (Å²) in [5.74, 6) is 0.703. The normalized spacial score (nSPS) is 10.9. The zero-order valence-corrected chi connectivity index (χ0v) is 19.8. The highest BCUT2D eigenvalue weighted by molar-refractivity contribution is 7.99. The predicted octanol–water partition coefficient (Wildman–Crippen LogP) is 6.59. The van der Waals surface area contributed by atoms with Crippen molar-refractivity contribution in [2.45, 2.75) is 19.0 Å². The largest absolute Gasteiger partial charge is 0.325 e. The van der Waals surface area contributed by atoms with Crippen LogP contribution >= 0.6 is 35.0 Å². The van der Waals surface area contributed by atoms with Gasteiger partial charge in [-0.2, -0.15) is 0 Å². The summed E-state index contributed by atoms with van der Waals surface area (Å²) in [6.45, 7) is 4.06. The molecule has 1 heterocycles. The molecule has 0 saturated heterocycles. The summed E-state index contributed by atoms with van der Waals surface area (Å²) >= 11 is 13.6. The average molecular weight is 483 g/mol. The van der Waals surface area contributed by atoms with E-state index in [2.05, 4.69) is 15.5 Å². The van der Waals surface area contributed by atoms with E-state index in [1.807, 2.05) is 66.9 Å². The SMILES string of the molecule is Cc1ccc(NC(=O)CSc2nnc(-c3cccc(Cl)c3)n2-c2ccc(Cl)cc2)cc1C. The Hall–Kier alpha value is -2.80. The summed E-state index contributed by atoms with van der Waals surface area (Å²) in [5.41, 5.74) is 4.75. The summed E-state index contributed by atoms with van der Waals surface area (Å²) in [6, 6.07) is 20.7. The molecular weight excluding hydrogens is 463 g/mol. The second kappa shape index (κ2) is 9.77. The van der Waals surface area contributed by atoms with Crippen LogP contribution in [-0.4, -0.2) is 26.4 Å². The van der Waals surface area contributed by atoms with Crippen LogP contribution in [0.3, 0.4) is 0 Å². The Morgan fingerprint density at radius 2 is 1.72 bits per heavy atom. The fourth-order valence-corrected chi connectivity index (χ4v) is 4.22. The second-order valence-electron chi connectivity index (χ2n) is 7.26. The molecule has 4 aromatic rings. The molecule has 0 aliphatic carbocycles. The molecule has 1 amide bonds.